The Kier molecular flexibility index (Phi) is 7.79. The third kappa shape index (κ3) is 5.65. The zero-order valence-corrected chi connectivity index (χ0v) is 23.8. The predicted molar refractivity (Wildman–Crippen MR) is 146 cm³/mol. The Balaban J connectivity index is 1.74. The average Bonchev–Trinajstić information content (AvgIpc) is 3.51. The summed E-state index contributed by atoms with van der Waals surface area (Å²) in [6, 6.07) is 2.03. The van der Waals surface area contributed by atoms with E-state index in [0.29, 0.717) is 11.1 Å². The summed E-state index contributed by atoms with van der Waals surface area (Å²) in [5.74, 6) is -0.813. The molecule has 2 saturated carbocycles. The zero-order chi connectivity index (χ0) is 28.9. The van der Waals surface area contributed by atoms with Gasteiger partial charge in [0.1, 0.15) is 11.2 Å². The number of hydrogen-bond donors (Lipinski definition) is 2. The van der Waals surface area contributed by atoms with E-state index in [1.54, 1.807) is 33.8 Å². The van der Waals surface area contributed by atoms with Crippen LogP contribution in [0.2, 0.25) is 5.02 Å². The molecule has 1 heterocycles. The molecule has 39 heavy (non-hydrogen) atoms. The number of carboxylic acids is 1. The molecule has 0 saturated heterocycles. The second-order valence-corrected chi connectivity index (χ2v) is 12.6. The average molecular weight is 559 g/mol. The topological polar surface area (TPSA) is 95.9 Å². The van der Waals surface area contributed by atoms with Crippen LogP contribution in [-0.2, 0) is 14.4 Å². The van der Waals surface area contributed by atoms with E-state index in [1.807, 2.05) is 0 Å². The van der Waals surface area contributed by atoms with Gasteiger partial charge in [0.2, 0.25) is 0 Å². The zero-order valence-electron chi connectivity index (χ0n) is 23.1. The van der Waals surface area contributed by atoms with Crippen molar-refractivity contribution in [2.75, 3.05) is 7.05 Å². The number of likely N-dealkylation sites (N-methyl/N-ethyl adjacent to an activating group) is 1. The minimum atomic E-state index is -1.12. The first-order chi connectivity index (χ1) is 18.2. The summed E-state index contributed by atoms with van der Waals surface area (Å²) in [6.45, 7) is 6.90. The van der Waals surface area contributed by atoms with Crippen molar-refractivity contribution in [2.45, 2.75) is 89.8 Å². The van der Waals surface area contributed by atoms with Crippen LogP contribution >= 0.6 is 11.6 Å². The lowest BCUT2D eigenvalue weighted by atomic mass is 9.77. The number of aliphatic carboxylic acids is 1. The van der Waals surface area contributed by atoms with Crippen LogP contribution in [0, 0.1) is 29.5 Å². The molecule has 1 spiro atoms. The highest BCUT2D eigenvalue weighted by molar-refractivity contribution is 6.31. The molecule has 0 bridgehead atoms. The van der Waals surface area contributed by atoms with Gasteiger partial charge in [0.15, 0.2) is 11.6 Å². The summed E-state index contributed by atoms with van der Waals surface area (Å²) < 4.78 is 21.3. The van der Waals surface area contributed by atoms with Gasteiger partial charge in [-0.05, 0) is 76.9 Å². The van der Waals surface area contributed by atoms with Gasteiger partial charge in [0.25, 0.3) is 11.8 Å². The number of nitrogens with one attached hydrogen (secondary N) is 1. The Morgan fingerprint density at radius 3 is 2.51 bits per heavy atom. The number of carbonyl (C=O) groups excluding carboxylic acids is 2. The number of amides is 2. The van der Waals surface area contributed by atoms with E-state index in [0.717, 1.165) is 32.1 Å². The number of rotatable bonds is 6. The molecule has 1 aromatic carbocycles. The predicted octanol–water partition coefficient (Wildman–Crippen LogP) is 5.07. The Hall–Kier alpha value is -3.05. The van der Waals surface area contributed by atoms with E-state index < -0.39 is 47.6 Å². The van der Waals surface area contributed by atoms with Crippen LogP contribution < -0.4 is 10.1 Å². The first-order valence-electron chi connectivity index (χ1n) is 13.3. The van der Waals surface area contributed by atoms with Gasteiger partial charge in [-0.25, -0.2) is 4.39 Å². The molecule has 0 aromatic heterocycles. The smallest absolute Gasteiger partial charge is 0.305 e. The number of carboxylic acid groups (broad SMARTS) is 1. The standard InChI is InChI=1S/C30H36ClFN2O5/c1-7-17-10-12-30(13-11-17)15-21(30)33-27(37)24-16(2)23(20(14-22(35)36)34(6)28(24)38)18-8-9-19(31)25(32)26(18)39-29(3,4)5/h1,8-9,17,20-21,23H,10-15H2,2-6H3,(H,33,37)(H,35,36)/t17?,20?,21-,23?,30?/m0/s1. The van der Waals surface area contributed by atoms with Gasteiger partial charge in [-0.3, -0.25) is 14.4 Å². The number of ether oxygens (including phenoxy) is 1. The van der Waals surface area contributed by atoms with Crippen LogP contribution in [-0.4, -0.2) is 52.5 Å². The highest BCUT2D eigenvalue weighted by atomic mass is 35.5. The molecule has 2 unspecified atom stereocenters. The van der Waals surface area contributed by atoms with Crippen molar-refractivity contribution in [2.24, 2.45) is 11.3 Å². The van der Waals surface area contributed by atoms with Crippen LogP contribution in [0.5, 0.6) is 5.75 Å². The monoisotopic (exact) mass is 558 g/mol. The molecular formula is C30H36ClFN2O5. The van der Waals surface area contributed by atoms with Gasteiger partial charge < -0.3 is 20.1 Å². The van der Waals surface area contributed by atoms with Crippen LogP contribution in [0.25, 0.3) is 0 Å². The minimum absolute atomic E-state index is 0.0133. The third-order valence-electron chi connectivity index (χ3n) is 8.42. The maximum absolute atomic E-state index is 15.4. The van der Waals surface area contributed by atoms with Gasteiger partial charge in [0, 0.05) is 30.5 Å². The number of terminal acetylenes is 1. The Morgan fingerprint density at radius 2 is 1.95 bits per heavy atom. The van der Waals surface area contributed by atoms with Crippen molar-refractivity contribution in [3.05, 3.63) is 39.7 Å². The van der Waals surface area contributed by atoms with E-state index in [9.17, 15) is 19.5 Å². The van der Waals surface area contributed by atoms with Crippen LogP contribution in [0.4, 0.5) is 4.39 Å². The Morgan fingerprint density at radius 1 is 1.31 bits per heavy atom. The number of carbonyl (C=O) groups is 3. The fourth-order valence-corrected chi connectivity index (χ4v) is 6.36. The van der Waals surface area contributed by atoms with E-state index in [1.165, 1.54) is 18.0 Å². The second-order valence-electron chi connectivity index (χ2n) is 12.1. The van der Waals surface area contributed by atoms with Gasteiger partial charge >= 0.3 is 5.97 Å². The molecule has 9 heteroatoms. The molecule has 2 N–H and O–H groups in total. The van der Waals surface area contributed by atoms with Crippen molar-refractivity contribution < 1.29 is 28.6 Å². The second kappa shape index (κ2) is 10.5. The first kappa shape index (κ1) is 28.9. The van der Waals surface area contributed by atoms with Crippen molar-refractivity contribution in [3.63, 3.8) is 0 Å². The number of halogens is 2. The molecule has 4 rings (SSSR count). The lowest BCUT2D eigenvalue weighted by molar-refractivity contribution is -0.140. The molecule has 2 aliphatic carbocycles. The van der Waals surface area contributed by atoms with Gasteiger partial charge in [0.05, 0.1) is 17.5 Å². The lowest BCUT2D eigenvalue weighted by Crippen LogP contribution is -2.50. The molecular weight excluding hydrogens is 523 g/mol. The summed E-state index contributed by atoms with van der Waals surface area (Å²) in [4.78, 5) is 40.2. The molecule has 1 aromatic rings. The van der Waals surface area contributed by atoms with Crippen LogP contribution in [0.15, 0.2) is 23.3 Å². The lowest BCUT2D eigenvalue weighted by Gasteiger charge is -2.41. The Labute approximate surface area is 234 Å². The molecule has 7 nitrogen and oxygen atoms in total. The van der Waals surface area contributed by atoms with Gasteiger partial charge in [-0.15, -0.1) is 12.3 Å². The summed E-state index contributed by atoms with van der Waals surface area (Å²) in [5.41, 5.74) is -0.140. The summed E-state index contributed by atoms with van der Waals surface area (Å²) in [7, 11) is 1.47. The normalized spacial score (nSPS) is 28.8. The van der Waals surface area contributed by atoms with Crippen molar-refractivity contribution in [1.29, 1.82) is 0 Å². The summed E-state index contributed by atoms with van der Waals surface area (Å²) >= 11 is 6.09. The molecule has 3 aliphatic rings. The third-order valence-corrected chi connectivity index (χ3v) is 8.72. The SMILES string of the molecule is C#CC1CCC2(CC1)C[C@@H]2NC(=O)C1=C(C)C(c2ccc(Cl)c(F)c2OC(C)(C)C)C(CC(=O)O)N(C)C1=O. The fraction of sp³-hybridized carbons (Fsp3) is 0.567. The summed E-state index contributed by atoms with van der Waals surface area (Å²) in [5, 5.41) is 12.6. The summed E-state index contributed by atoms with van der Waals surface area (Å²) in [6.07, 6.45) is 9.72. The number of hydrogen-bond acceptors (Lipinski definition) is 4. The van der Waals surface area contributed by atoms with Crippen LogP contribution in [0.3, 0.4) is 0 Å². The van der Waals surface area contributed by atoms with E-state index in [-0.39, 0.29) is 33.7 Å². The molecule has 2 fully saturated rings. The largest absolute Gasteiger partial charge is 0.485 e. The van der Waals surface area contributed by atoms with Crippen LogP contribution in [0.1, 0.15) is 77.7 Å². The molecule has 2 amide bonds. The molecule has 210 valence electrons. The van der Waals surface area contributed by atoms with Crippen molar-refractivity contribution >= 4 is 29.4 Å². The van der Waals surface area contributed by atoms with Gasteiger partial charge in [-0.2, -0.15) is 0 Å². The maximum atomic E-state index is 15.4. The van der Waals surface area contributed by atoms with E-state index >= 15 is 4.39 Å². The Bertz CT molecular complexity index is 1270. The number of benzene rings is 1. The molecule has 0 radical (unpaired) electrons. The van der Waals surface area contributed by atoms with Crippen molar-refractivity contribution in [1.82, 2.24) is 10.2 Å². The maximum Gasteiger partial charge on any atom is 0.305 e. The van der Waals surface area contributed by atoms with Crippen molar-refractivity contribution in [3.8, 4) is 18.1 Å². The van der Waals surface area contributed by atoms with E-state index in [2.05, 4.69) is 11.2 Å². The highest BCUT2D eigenvalue weighted by Gasteiger charge is 2.56. The number of nitrogens with zero attached hydrogens (tertiary/aromatic N) is 1. The molecule has 3 atom stereocenters. The quantitative estimate of drug-likeness (QED) is 0.375. The van der Waals surface area contributed by atoms with Gasteiger partial charge in [-0.1, -0.05) is 17.7 Å². The molecule has 1 aliphatic heterocycles. The first-order valence-corrected chi connectivity index (χ1v) is 13.7. The highest BCUT2D eigenvalue weighted by Crippen LogP contribution is 2.57. The minimum Gasteiger partial charge on any atom is -0.485 e. The van der Waals surface area contributed by atoms with E-state index in [4.69, 9.17) is 22.8 Å². The fourth-order valence-electron chi connectivity index (χ4n) is 6.21.